The molecule has 15 heavy (non-hydrogen) atoms. The number of hydrogen-bond donors (Lipinski definition) is 2. The summed E-state index contributed by atoms with van der Waals surface area (Å²) in [4.78, 5) is 0. The lowest BCUT2D eigenvalue weighted by atomic mass is 10.1. The highest BCUT2D eigenvalue weighted by Gasteiger charge is 2.31. The second kappa shape index (κ2) is 4.77. The van der Waals surface area contributed by atoms with Crippen LogP contribution in [0.4, 0.5) is 0 Å². The van der Waals surface area contributed by atoms with Crippen molar-refractivity contribution in [1.29, 1.82) is 0 Å². The van der Waals surface area contributed by atoms with Gasteiger partial charge in [0.1, 0.15) is 0 Å². The van der Waals surface area contributed by atoms with Crippen molar-refractivity contribution in [3.05, 3.63) is 35.4 Å². The van der Waals surface area contributed by atoms with Gasteiger partial charge in [0, 0.05) is 6.54 Å². The van der Waals surface area contributed by atoms with Crippen LogP contribution in [0.5, 0.6) is 0 Å². The Kier molecular flexibility index (Phi) is 3.39. The van der Waals surface area contributed by atoms with E-state index in [0.717, 1.165) is 30.5 Å². The normalized spacial score (nSPS) is 24.1. The number of aliphatic hydroxyl groups is 1. The first-order valence-electron chi connectivity index (χ1n) is 5.69. The minimum Gasteiger partial charge on any atom is -0.392 e. The summed E-state index contributed by atoms with van der Waals surface area (Å²) >= 11 is 0. The quantitative estimate of drug-likeness (QED) is 0.769. The van der Waals surface area contributed by atoms with E-state index in [0.29, 0.717) is 0 Å². The number of nitrogens with one attached hydrogen (secondary N) is 1. The van der Waals surface area contributed by atoms with E-state index in [2.05, 4.69) is 24.4 Å². The van der Waals surface area contributed by atoms with Crippen LogP contribution in [-0.2, 0) is 13.2 Å². The van der Waals surface area contributed by atoms with Gasteiger partial charge in [-0.15, -0.1) is 0 Å². The van der Waals surface area contributed by atoms with Crippen LogP contribution in [0.25, 0.3) is 0 Å². The summed E-state index contributed by atoms with van der Waals surface area (Å²) in [7, 11) is 0. The van der Waals surface area contributed by atoms with Gasteiger partial charge in [-0.2, -0.15) is 0 Å². The molecule has 82 valence electrons. The highest BCUT2D eigenvalue weighted by Crippen LogP contribution is 2.36. The van der Waals surface area contributed by atoms with Crippen LogP contribution in [0, 0.1) is 11.8 Å². The Hall–Kier alpha value is -0.860. The molecule has 1 aliphatic rings. The van der Waals surface area contributed by atoms with Crippen molar-refractivity contribution in [1.82, 2.24) is 5.32 Å². The third kappa shape index (κ3) is 3.05. The molecule has 0 aliphatic heterocycles. The summed E-state index contributed by atoms with van der Waals surface area (Å²) < 4.78 is 0. The molecule has 2 nitrogen and oxygen atoms in total. The zero-order valence-electron chi connectivity index (χ0n) is 9.24. The standard InChI is InChI=1S/C13H19NO/c1-10-6-13(10)8-14-7-11-2-4-12(9-15)5-3-11/h2-5,10,13-15H,6-9H2,1H3. The van der Waals surface area contributed by atoms with Crippen molar-refractivity contribution in [2.45, 2.75) is 26.5 Å². The molecule has 1 aliphatic carbocycles. The van der Waals surface area contributed by atoms with Gasteiger partial charge in [-0.25, -0.2) is 0 Å². The van der Waals surface area contributed by atoms with Gasteiger partial charge in [-0.3, -0.25) is 0 Å². The van der Waals surface area contributed by atoms with Crippen molar-refractivity contribution in [2.24, 2.45) is 11.8 Å². The minimum atomic E-state index is 0.132. The van der Waals surface area contributed by atoms with E-state index in [9.17, 15) is 0 Å². The molecule has 1 fully saturated rings. The van der Waals surface area contributed by atoms with E-state index in [-0.39, 0.29) is 6.61 Å². The fourth-order valence-corrected chi connectivity index (χ4v) is 1.85. The maximum absolute atomic E-state index is 8.90. The van der Waals surface area contributed by atoms with Crippen LogP contribution in [0.3, 0.4) is 0 Å². The van der Waals surface area contributed by atoms with Crippen molar-refractivity contribution in [3.63, 3.8) is 0 Å². The maximum atomic E-state index is 8.90. The van der Waals surface area contributed by atoms with Gasteiger partial charge >= 0.3 is 0 Å². The van der Waals surface area contributed by atoms with E-state index in [1.54, 1.807) is 0 Å². The molecule has 2 heteroatoms. The number of rotatable bonds is 5. The van der Waals surface area contributed by atoms with Crippen LogP contribution in [0.1, 0.15) is 24.5 Å². The van der Waals surface area contributed by atoms with Crippen molar-refractivity contribution < 1.29 is 5.11 Å². The summed E-state index contributed by atoms with van der Waals surface area (Å²) in [5, 5.41) is 12.4. The first kappa shape index (κ1) is 10.7. The van der Waals surface area contributed by atoms with Crippen molar-refractivity contribution in [3.8, 4) is 0 Å². The van der Waals surface area contributed by atoms with Gasteiger partial charge in [0.2, 0.25) is 0 Å². The lowest BCUT2D eigenvalue weighted by molar-refractivity contribution is 0.282. The zero-order valence-corrected chi connectivity index (χ0v) is 9.24. The van der Waals surface area contributed by atoms with Crippen molar-refractivity contribution >= 4 is 0 Å². The number of hydrogen-bond acceptors (Lipinski definition) is 2. The summed E-state index contributed by atoms with van der Waals surface area (Å²) in [6.07, 6.45) is 1.39. The minimum absolute atomic E-state index is 0.132. The fourth-order valence-electron chi connectivity index (χ4n) is 1.85. The molecule has 1 aromatic carbocycles. The molecule has 0 saturated heterocycles. The Bertz CT molecular complexity index is 307. The molecule has 2 N–H and O–H groups in total. The van der Waals surface area contributed by atoms with E-state index in [4.69, 9.17) is 5.11 Å². The Morgan fingerprint density at radius 1 is 1.27 bits per heavy atom. The fraction of sp³-hybridized carbons (Fsp3) is 0.538. The van der Waals surface area contributed by atoms with E-state index < -0.39 is 0 Å². The molecule has 0 radical (unpaired) electrons. The molecule has 1 aromatic rings. The molecule has 0 heterocycles. The van der Waals surface area contributed by atoms with Gasteiger partial charge in [0.05, 0.1) is 6.61 Å². The van der Waals surface area contributed by atoms with Gasteiger partial charge in [0.25, 0.3) is 0 Å². The summed E-state index contributed by atoms with van der Waals surface area (Å²) in [6.45, 7) is 4.52. The van der Waals surface area contributed by atoms with Crippen LogP contribution in [0.2, 0.25) is 0 Å². The monoisotopic (exact) mass is 205 g/mol. The zero-order chi connectivity index (χ0) is 10.7. The van der Waals surface area contributed by atoms with Crippen LogP contribution >= 0.6 is 0 Å². The summed E-state index contributed by atoms with van der Waals surface area (Å²) in [5.41, 5.74) is 2.27. The SMILES string of the molecule is CC1CC1CNCc1ccc(CO)cc1. The predicted octanol–water partition coefficient (Wildman–Crippen LogP) is 1.92. The average Bonchev–Trinajstić information content (AvgIpc) is 2.96. The smallest absolute Gasteiger partial charge is 0.0681 e. The Morgan fingerprint density at radius 2 is 1.87 bits per heavy atom. The van der Waals surface area contributed by atoms with Gasteiger partial charge < -0.3 is 10.4 Å². The van der Waals surface area contributed by atoms with E-state index in [1.807, 2.05) is 12.1 Å². The average molecular weight is 205 g/mol. The molecule has 2 rings (SSSR count). The Labute approximate surface area is 91.3 Å². The van der Waals surface area contributed by atoms with E-state index in [1.165, 1.54) is 12.0 Å². The Balaban J connectivity index is 1.73. The molecule has 2 unspecified atom stereocenters. The second-order valence-corrected chi connectivity index (χ2v) is 4.58. The predicted molar refractivity (Wildman–Crippen MR) is 61.3 cm³/mol. The Morgan fingerprint density at radius 3 is 2.40 bits per heavy atom. The molecule has 0 bridgehead atoms. The summed E-state index contributed by atoms with van der Waals surface area (Å²) in [6, 6.07) is 8.12. The van der Waals surface area contributed by atoms with Crippen LogP contribution < -0.4 is 5.32 Å². The first-order valence-corrected chi connectivity index (χ1v) is 5.69. The molecule has 0 amide bonds. The molecular weight excluding hydrogens is 186 g/mol. The summed E-state index contributed by atoms with van der Waals surface area (Å²) in [5.74, 6) is 1.83. The van der Waals surface area contributed by atoms with Gasteiger partial charge in [-0.05, 0) is 35.9 Å². The maximum Gasteiger partial charge on any atom is 0.0681 e. The van der Waals surface area contributed by atoms with Gasteiger partial charge in [-0.1, -0.05) is 31.2 Å². The molecule has 1 saturated carbocycles. The highest BCUT2D eigenvalue weighted by atomic mass is 16.3. The highest BCUT2D eigenvalue weighted by molar-refractivity contribution is 5.21. The lowest BCUT2D eigenvalue weighted by Gasteiger charge is -2.04. The third-order valence-corrected chi connectivity index (χ3v) is 3.22. The number of benzene rings is 1. The number of aliphatic hydroxyl groups excluding tert-OH is 1. The third-order valence-electron chi connectivity index (χ3n) is 3.22. The topological polar surface area (TPSA) is 32.3 Å². The van der Waals surface area contributed by atoms with E-state index >= 15 is 0 Å². The molecule has 0 spiro atoms. The molecular formula is C13H19NO. The lowest BCUT2D eigenvalue weighted by Crippen LogP contribution is -2.16. The largest absolute Gasteiger partial charge is 0.392 e. The second-order valence-electron chi connectivity index (χ2n) is 4.58. The van der Waals surface area contributed by atoms with Crippen molar-refractivity contribution in [2.75, 3.05) is 6.54 Å². The van der Waals surface area contributed by atoms with Crippen LogP contribution in [0.15, 0.2) is 24.3 Å². The molecule has 2 atom stereocenters. The first-order chi connectivity index (χ1) is 7.29. The molecule has 0 aromatic heterocycles. The van der Waals surface area contributed by atoms with Gasteiger partial charge in [0.15, 0.2) is 0 Å². The van der Waals surface area contributed by atoms with Crippen LogP contribution in [-0.4, -0.2) is 11.7 Å².